The van der Waals surface area contributed by atoms with Crippen molar-refractivity contribution in [2.24, 2.45) is 14.0 Å². The van der Waals surface area contributed by atoms with E-state index in [9.17, 15) is 26.7 Å². The van der Waals surface area contributed by atoms with Gasteiger partial charge in [-0.05, 0) is 6.92 Å². The molecule has 37 heavy (non-hydrogen) atoms. The Kier molecular flexibility index (Phi) is 3.82. The minimum atomic E-state index is -5.85. The average molecular weight is 529 g/mol. The minimum absolute atomic E-state index is 0.0210. The lowest BCUT2D eigenvalue weighted by atomic mass is 9.81. The van der Waals surface area contributed by atoms with Crippen molar-refractivity contribution in [3.05, 3.63) is 29.5 Å². The summed E-state index contributed by atoms with van der Waals surface area (Å²) < 4.78 is 112. The van der Waals surface area contributed by atoms with Gasteiger partial charge < -0.3 is 11.1 Å². The number of aromatic nitrogens is 9. The Morgan fingerprint density at radius 2 is 1.95 bits per heavy atom. The predicted molar refractivity (Wildman–Crippen MR) is 117 cm³/mol. The number of rotatable bonds is 5. The fourth-order valence-corrected chi connectivity index (χ4v) is 3.90. The van der Waals surface area contributed by atoms with Gasteiger partial charge in [0.2, 0.25) is 5.91 Å². The first-order chi connectivity index (χ1) is 19.6. The first kappa shape index (κ1) is 18.0. The number of nitrogens with two attached hydrogens (primary N) is 1. The van der Waals surface area contributed by atoms with E-state index in [0.29, 0.717) is 9.36 Å². The molecule has 194 valence electrons. The van der Waals surface area contributed by atoms with Crippen molar-refractivity contribution < 1.29 is 35.0 Å². The summed E-state index contributed by atoms with van der Waals surface area (Å²) in [5.41, 5.74) is 3.60. The van der Waals surface area contributed by atoms with E-state index in [1.807, 2.05) is 0 Å². The third-order valence-corrected chi connectivity index (χ3v) is 5.89. The summed E-state index contributed by atoms with van der Waals surface area (Å²) in [5.74, 6) is -7.34. The fraction of sp³-hybridized carbons (Fsp3) is 0.400. The van der Waals surface area contributed by atoms with Gasteiger partial charge in [-0.25, -0.2) is 19.9 Å². The highest BCUT2D eigenvalue weighted by Crippen LogP contribution is 2.44. The van der Waals surface area contributed by atoms with Gasteiger partial charge in [-0.1, -0.05) is 5.21 Å². The molecule has 0 fully saturated rings. The van der Waals surface area contributed by atoms with Crippen LogP contribution in [-0.4, -0.2) is 62.7 Å². The van der Waals surface area contributed by atoms with Crippen LogP contribution in [0.3, 0.4) is 0 Å². The highest BCUT2D eigenvalue weighted by Gasteiger charge is 2.56. The van der Waals surface area contributed by atoms with E-state index in [4.69, 9.17) is 14.0 Å². The summed E-state index contributed by atoms with van der Waals surface area (Å²) in [4.78, 5) is 29.4. The number of fused-ring (bicyclic) bond motifs is 2. The van der Waals surface area contributed by atoms with Crippen LogP contribution < -0.4 is 11.1 Å². The molecule has 4 aromatic rings. The van der Waals surface area contributed by atoms with Crippen LogP contribution in [-0.2, 0) is 30.6 Å². The number of nitrogens with zero attached hydrogens (tertiary/aromatic N) is 9. The van der Waals surface area contributed by atoms with Gasteiger partial charge in [0.15, 0.2) is 11.5 Å². The summed E-state index contributed by atoms with van der Waals surface area (Å²) in [6, 6.07) is 0. The molecule has 0 saturated heterocycles. The van der Waals surface area contributed by atoms with Crippen LogP contribution in [0.4, 0.5) is 33.6 Å². The van der Waals surface area contributed by atoms with Gasteiger partial charge in [0.05, 0.1) is 17.1 Å². The summed E-state index contributed by atoms with van der Waals surface area (Å²) in [5, 5.41) is 13.4. The first-order valence-corrected chi connectivity index (χ1v) is 10.3. The van der Waals surface area contributed by atoms with Crippen molar-refractivity contribution in [3.8, 4) is 11.5 Å². The number of alkyl halides is 5. The maximum Gasteiger partial charge on any atom is 0.453 e. The van der Waals surface area contributed by atoms with Crippen LogP contribution in [0.15, 0.2) is 12.4 Å². The average Bonchev–Trinajstić information content (AvgIpc) is 3.58. The van der Waals surface area contributed by atoms with Crippen molar-refractivity contribution in [2.45, 2.75) is 37.3 Å². The number of hydrogen-bond acceptors (Lipinski definition) is 9. The smallest absolute Gasteiger partial charge is 0.383 e. The number of halogens is 5. The lowest BCUT2D eigenvalue weighted by molar-refractivity contribution is -0.284. The second kappa shape index (κ2) is 7.84. The van der Waals surface area contributed by atoms with Crippen LogP contribution in [0.5, 0.6) is 0 Å². The monoisotopic (exact) mass is 529 g/mol. The Morgan fingerprint density at radius 3 is 2.62 bits per heavy atom. The van der Waals surface area contributed by atoms with E-state index in [0.717, 1.165) is 12.4 Å². The summed E-state index contributed by atoms with van der Waals surface area (Å²) in [6.45, 7) is -4.27. The minimum Gasteiger partial charge on any atom is -0.383 e. The van der Waals surface area contributed by atoms with Gasteiger partial charge in [-0.3, -0.25) is 14.2 Å². The highest BCUT2D eigenvalue weighted by atomic mass is 19.4. The molecule has 0 aliphatic carbocycles. The number of hydrogen-bond donors (Lipinski definition) is 2. The number of carbonyl (C=O) groups excluding carboxylic acids is 1. The van der Waals surface area contributed by atoms with Crippen molar-refractivity contribution in [2.75, 3.05) is 11.1 Å². The number of aryl methyl sites for hydroxylation is 3. The Morgan fingerprint density at radius 1 is 1.16 bits per heavy atom. The molecule has 0 saturated carbocycles. The molecular weight excluding hydrogens is 505 g/mol. The van der Waals surface area contributed by atoms with Gasteiger partial charge in [0, 0.05) is 41.2 Å². The third-order valence-electron chi connectivity index (χ3n) is 5.89. The van der Waals surface area contributed by atoms with Crippen molar-refractivity contribution >= 4 is 28.6 Å². The van der Waals surface area contributed by atoms with E-state index < -0.39 is 61.7 Å². The van der Waals surface area contributed by atoms with E-state index >= 15 is 0 Å². The largest absolute Gasteiger partial charge is 0.453 e. The number of nitrogens with one attached hydrogen (secondary N) is 1. The first-order valence-electron chi connectivity index (χ1n) is 13.3. The molecule has 5 rings (SSSR count). The lowest BCUT2D eigenvalue weighted by Crippen LogP contribution is -2.36. The van der Waals surface area contributed by atoms with Crippen molar-refractivity contribution in [3.63, 3.8) is 0 Å². The number of nitrogen functional groups attached to an aromatic ring is 1. The second-order valence-electron chi connectivity index (χ2n) is 8.27. The zero-order chi connectivity index (χ0) is 31.9. The maximum atomic E-state index is 13.7. The van der Waals surface area contributed by atoms with Crippen LogP contribution in [0.1, 0.15) is 38.7 Å². The van der Waals surface area contributed by atoms with Crippen molar-refractivity contribution in [1.82, 2.24) is 44.7 Å². The van der Waals surface area contributed by atoms with Crippen LogP contribution >= 0.6 is 0 Å². The third kappa shape index (κ3) is 3.72. The Bertz CT molecular complexity index is 1770. The molecule has 0 bridgehead atoms. The molecule has 1 aliphatic heterocycles. The van der Waals surface area contributed by atoms with Crippen LogP contribution in [0, 0.1) is 0 Å². The van der Waals surface area contributed by atoms with Crippen LogP contribution in [0.2, 0.25) is 0 Å². The molecular formula is C20H18F5N11O. The molecule has 3 N–H and O–H groups in total. The molecule has 1 atom stereocenters. The van der Waals surface area contributed by atoms with E-state index in [1.165, 1.54) is 6.92 Å². The van der Waals surface area contributed by atoms with Gasteiger partial charge in [-0.2, -0.15) is 27.1 Å². The number of amides is 1. The Hall–Kier alpha value is -4.31. The van der Waals surface area contributed by atoms with Crippen LogP contribution in [0.25, 0.3) is 22.6 Å². The Balaban J connectivity index is 1.65. The zero-order valence-electron chi connectivity index (χ0n) is 24.5. The molecule has 1 unspecified atom stereocenters. The molecule has 12 nitrogen and oxygen atoms in total. The van der Waals surface area contributed by atoms with E-state index in [-0.39, 0.29) is 39.8 Å². The van der Waals surface area contributed by atoms with Gasteiger partial charge in [0.25, 0.3) is 0 Å². The second-order valence-corrected chi connectivity index (χ2v) is 8.27. The van der Waals surface area contributed by atoms with Gasteiger partial charge in [0.1, 0.15) is 34.3 Å². The summed E-state index contributed by atoms with van der Waals surface area (Å²) >= 11 is 0. The molecule has 1 amide bonds. The standard InChI is InChI=1S/C20H18F5N11O/c1-18(9-7-35(2)34-33-9)11-13(26)30-15(31-14(11)32-17(18)37)12-8-6-27-36(3)16(8)29-10(28-12)4-5-19(21,22)20(23,24)25/h6-7H,4-5H2,1-3H3,(H3,26,30,31,32,37)/i2D3,3D3. The summed E-state index contributed by atoms with van der Waals surface area (Å²) in [7, 11) is 0. The maximum absolute atomic E-state index is 13.7. The summed E-state index contributed by atoms with van der Waals surface area (Å²) in [6.07, 6.45) is -6.60. The molecule has 0 aromatic carbocycles. The molecule has 1 aliphatic rings. The van der Waals surface area contributed by atoms with Crippen molar-refractivity contribution in [1.29, 1.82) is 0 Å². The quantitative estimate of drug-likeness (QED) is 0.369. The van der Waals surface area contributed by atoms with E-state index in [2.05, 4.69) is 40.7 Å². The number of anilines is 2. The SMILES string of the molecule is [2H]C([2H])([2H])n1cc(C2(C)C(=O)Nc3nc(-c4nc(CCC(F)(F)C(F)(F)F)nc5c4cnn5C([2H])([2H])[2H])nc(N)c32)nn1. The molecule has 5 heterocycles. The van der Waals surface area contributed by atoms with Gasteiger partial charge >= 0.3 is 12.1 Å². The molecule has 0 radical (unpaired) electrons. The molecule has 4 aromatic heterocycles. The highest BCUT2D eigenvalue weighted by molar-refractivity contribution is 6.09. The number of carbonyl (C=O) groups is 1. The lowest BCUT2D eigenvalue weighted by Gasteiger charge is -2.20. The molecule has 0 spiro atoms. The Labute approximate surface area is 212 Å². The fourth-order valence-electron chi connectivity index (χ4n) is 3.90. The zero-order valence-corrected chi connectivity index (χ0v) is 18.5. The van der Waals surface area contributed by atoms with Gasteiger partial charge in [-0.15, -0.1) is 5.10 Å². The molecule has 17 heteroatoms. The topological polar surface area (TPSA) is 155 Å². The normalized spacial score (nSPS) is 21.0. The predicted octanol–water partition coefficient (Wildman–Crippen LogP) is 1.92. The van der Waals surface area contributed by atoms with E-state index in [1.54, 1.807) is 0 Å².